The molecule has 1 aliphatic rings. The topological polar surface area (TPSA) is 66.8 Å². The van der Waals surface area contributed by atoms with Crippen molar-refractivity contribution in [3.63, 3.8) is 0 Å². The number of piperidine rings is 1. The number of carbonyl (C=O) groups is 2. The molecule has 0 unspecified atom stereocenters. The van der Waals surface area contributed by atoms with E-state index in [4.69, 9.17) is 9.84 Å². The number of carboxylic acids is 1. The van der Waals surface area contributed by atoms with Crippen LogP contribution in [0.4, 0.5) is 4.79 Å². The summed E-state index contributed by atoms with van der Waals surface area (Å²) >= 11 is 0. The summed E-state index contributed by atoms with van der Waals surface area (Å²) in [7, 11) is 0. The van der Waals surface area contributed by atoms with Gasteiger partial charge >= 0.3 is 12.1 Å². The maximum Gasteiger partial charge on any atom is 0.410 e. The second-order valence-electron chi connectivity index (χ2n) is 6.12. The van der Waals surface area contributed by atoms with E-state index in [-0.39, 0.29) is 18.5 Å². The molecule has 0 radical (unpaired) electrons. The van der Waals surface area contributed by atoms with Crippen molar-refractivity contribution in [1.82, 2.24) is 4.90 Å². The van der Waals surface area contributed by atoms with Crippen LogP contribution in [0.15, 0.2) is 0 Å². The molecule has 1 aliphatic heterocycles. The van der Waals surface area contributed by atoms with Gasteiger partial charge in [-0.1, -0.05) is 6.92 Å². The fourth-order valence-corrected chi connectivity index (χ4v) is 2.17. The largest absolute Gasteiger partial charge is 0.481 e. The predicted molar refractivity (Wildman–Crippen MR) is 67.3 cm³/mol. The summed E-state index contributed by atoms with van der Waals surface area (Å²) in [5.74, 6) is -1.18. The Hall–Kier alpha value is -1.26. The summed E-state index contributed by atoms with van der Waals surface area (Å²) in [5.41, 5.74) is -0.559. The molecule has 1 saturated heterocycles. The maximum atomic E-state index is 12.0. The van der Waals surface area contributed by atoms with Crippen molar-refractivity contribution in [3.05, 3.63) is 0 Å². The molecule has 1 rings (SSSR count). The molecular weight excluding hydrogens is 234 g/mol. The summed E-state index contributed by atoms with van der Waals surface area (Å²) in [6.07, 6.45) is 0.184. The molecular formula is C13H23NO4. The van der Waals surface area contributed by atoms with Gasteiger partial charge in [0.05, 0.1) is 5.92 Å². The number of aliphatic carboxylic acids is 1. The third kappa shape index (κ3) is 3.62. The number of amides is 1. The Balaban J connectivity index is 2.78. The van der Waals surface area contributed by atoms with Crippen molar-refractivity contribution in [2.75, 3.05) is 6.54 Å². The van der Waals surface area contributed by atoms with Gasteiger partial charge in [-0.15, -0.1) is 0 Å². The van der Waals surface area contributed by atoms with Crippen molar-refractivity contribution in [1.29, 1.82) is 0 Å². The van der Waals surface area contributed by atoms with E-state index in [2.05, 4.69) is 0 Å². The van der Waals surface area contributed by atoms with Gasteiger partial charge in [0.2, 0.25) is 0 Å². The van der Waals surface area contributed by atoms with Crippen molar-refractivity contribution in [2.45, 2.75) is 52.7 Å². The first-order valence-electron chi connectivity index (χ1n) is 6.34. The minimum absolute atomic E-state index is 0.00968. The predicted octanol–water partition coefficient (Wildman–Crippen LogP) is 2.35. The Labute approximate surface area is 108 Å². The van der Waals surface area contributed by atoms with E-state index in [1.807, 2.05) is 13.8 Å². The summed E-state index contributed by atoms with van der Waals surface area (Å²) in [6, 6.07) is 0.00968. The highest BCUT2D eigenvalue weighted by molar-refractivity contribution is 5.73. The molecule has 1 amide bonds. The number of hydrogen-bond acceptors (Lipinski definition) is 3. The minimum Gasteiger partial charge on any atom is -0.481 e. The zero-order chi connectivity index (χ0) is 14.1. The number of carboxylic acid groups (broad SMARTS) is 1. The van der Waals surface area contributed by atoms with Crippen LogP contribution in [-0.2, 0) is 9.53 Å². The van der Waals surface area contributed by atoms with Gasteiger partial charge in [0.1, 0.15) is 5.60 Å². The number of nitrogens with zero attached hydrogens (tertiary/aromatic N) is 1. The van der Waals surface area contributed by atoms with Crippen LogP contribution in [0, 0.1) is 11.8 Å². The van der Waals surface area contributed by atoms with Crippen molar-refractivity contribution >= 4 is 12.1 Å². The molecule has 0 aliphatic carbocycles. The average molecular weight is 257 g/mol. The fraction of sp³-hybridized carbons (Fsp3) is 0.846. The van der Waals surface area contributed by atoms with Crippen LogP contribution >= 0.6 is 0 Å². The van der Waals surface area contributed by atoms with Crippen LogP contribution in [0.3, 0.4) is 0 Å². The molecule has 0 spiro atoms. The molecule has 0 bridgehead atoms. The lowest BCUT2D eigenvalue weighted by atomic mass is 9.85. The molecule has 1 N–H and O–H groups in total. The van der Waals surface area contributed by atoms with E-state index in [9.17, 15) is 9.59 Å². The fourth-order valence-electron chi connectivity index (χ4n) is 2.17. The van der Waals surface area contributed by atoms with E-state index in [0.717, 1.165) is 0 Å². The van der Waals surface area contributed by atoms with E-state index in [0.29, 0.717) is 6.42 Å². The Bertz CT molecular complexity index is 334. The summed E-state index contributed by atoms with van der Waals surface area (Å²) in [6.45, 7) is 9.55. The van der Waals surface area contributed by atoms with E-state index < -0.39 is 23.6 Å². The molecule has 3 atom stereocenters. The lowest BCUT2D eigenvalue weighted by molar-refractivity contribution is -0.144. The molecule has 0 saturated carbocycles. The van der Waals surface area contributed by atoms with Gasteiger partial charge in [0.25, 0.3) is 0 Å². The average Bonchev–Trinajstić information content (AvgIpc) is 2.18. The molecule has 0 aromatic rings. The van der Waals surface area contributed by atoms with Crippen LogP contribution in [0.5, 0.6) is 0 Å². The van der Waals surface area contributed by atoms with Crippen molar-refractivity contribution < 1.29 is 19.4 Å². The lowest BCUT2D eigenvalue weighted by Crippen LogP contribution is -2.52. The smallest absolute Gasteiger partial charge is 0.410 e. The van der Waals surface area contributed by atoms with E-state index in [1.165, 1.54) is 4.90 Å². The zero-order valence-corrected chi connectivity index (χ0v) is 11.8. The first-order chi connectivity index (χ1) is 8.11. The maximum absolute atomic E-state index is 12.0. The normalized spacial score (nSPS) is 28.9. The zero-order valence-electron chi connectivity index (χ0n) is 11.8. The van der Waals surface area contributed by atoms with E-state index >= 15 is 0 Å². The van der Waals surface area contributed by atoms with Gasteiger partial charge in [-0.05, 0) is 40.0 Å². The van der Waals surface area contributed by atoms with Gasteiger partial charge < -0.3 is 14.7 Å². The van der Waals surface area contributed by atoms with Crippen molar-refractivity contribution in [2.24, 2.45) is 11.8 Å². The number of hydrogen-bond donors (Lipinski definition) is 1. The molecule has 0 aromatic carbocycles. The highest BCUT2D eigenvalue weighted by atomic mass is 16.6. The summed E-state index contributed by atoms with van der Waals surface area (Å²) in [5, 5.41) is 9.10. The molecule has 5 nitrogen and oxygen atoms in total. The first-order valence-corrected chi connectivity index (χ1v) is 6.34. The highest BCUT2D eigenvalue weighted by Gasteiger charge is 2.38. The Kier molecular flexibility index (Phi) is 4.24. The molecule has 104 valence electrons. The standard InChI is InChI=1S/C13H23NO4/c1-8-6-10(11(15)16)7-14(9(8)2)12(17)18-13(3,4)5/h8-10H,6-7H2,1-5H3,(H,15,16)/t8-,9-,10+/m1/s1. The second-order valence-corrected chi connectivity index (χ2v) is 6.12. The molecule has 1 fully saturated rings. The van der Waals surface area contributed by atoms with Gasteiger partial charge in [0, 0.05) is 12.6 Å². The Morgan fingerprint density at radius 2 is 1.83 bits per heavy atom. The second kappa shape index (κ2) is 5.16. The molecule has 1 heterocycles. The van der Waals surface area contributed by atoms with Crippen molar-refractivity contribution in [3.8, 4) is 0 Å². The monoisotopic (exact) mass is 257 g/mol. The quantitative estimate of drug-likeness (QED) is 0.783. The molecule has 18 heavy (non-hydrogen) atoms. The van der Waals surface area contributed by atoms with Gasteiger partial charge in [0.15, 0.2) is 0 Å². The Morgan fingerprint density at radius 3 is 2.28 bits per heavy atom. The third-order valence-electron chi connectivity index (χ3n) is 3.37. The molecule has 0 aromatic heterocycles. The van der Waals surface area contributed by atoms with Crippen LogP contribution < -0.4 is 0 Å². The highest BCUT2D eigenvalue weighted by Crippen LogP contribution is 2.28. The SMILES string of the molecule is C[C@@H]1C[C@H](C(=O)O)CN(C(=O)OC(C)(C)C)[C@@H]1C. The van der Waals surface area contributed by atoms with Gasteiger partial charge in [-0.2, -0.15) is 0 Å². The van der Waals surface area contributed by atoms with E-state index in [1.54, 1.807) is 20.8 Å². The van der Waals surface area contributed by atoms with Crippen LogP contribution in [-0.4, -0.2) is 40.3 Å². The summed E-state index contributed by atoms with van der Waals surface area (Å²) < 4.78 is 5.32. The van der Waals surface area contributed by atoms with Crippen LogP contribution in [0.1, 0.15) is 41.0 Å². The molecule has 5 heteroatoms. The van der Waals surface area contributed by atoms with Gasteiger partial charge in [-0.3, -0.25) is 4.79 Å². The third-order valence-corrected chi connectivity index (χ3v) is 3.37. The minimum atomic E-state index is -0.845. The number of likely N-dealkylation sites (tertiary alicyclic amines) is 1. The lowest BCUT2D eigenvalue weighted by Gasteiger charge is -2.41. The number of carbonyl (C=O) groups excluding carboxylic acids is 1. The van der Waals surface area contributed by atoms with Crippen LogP contribution in [0.25, 0.3) is 0 Å². The Morgan fingerprint density at radius 1 is 1.28 bits per heavy atom. The number of rotatable bonds is 1. The first kappa shape index (κ1) is 14.8. The van der Waals surface area contributed by atoms with Crippen LogP contribution in [0.2, 0.25) is 0 Å². The van der Waals surface area contributed by atoms with Gasteiger partial charge in [-0.25, -0.2) is 4.79 Å². The summed E-state index contributed by atoms with van der Waals surface area (Å²) in [4.78, 5) is 24.7. The number of ether oxygens (including phenoxy) is 1.